The Morgan fingerprint density at radius 3 is 2.30 bits per heavy atom. The van der Waals surface area contributed by atoms with Crippen LogP contribution in [0.5, 0.6) is 5.75 Å². The first-order chi connectivity index (χ1) is 12.8. The molecular formula is C24H26O3. The fourth-order valence-corrected chi connectivity index (χ4v) is 5.11. The molecule has 0 spiro atoms. The number of hydrogen-bond acceptors (Lipinski definition) is 2. The molecule has 2 atom stereocenters. The van der Waals surface area contributed by atoms with E-state index in [1.54, 1.807) is 25.3 Å². The van der Waals surface area contributed by atoms with Crippen LogP contribution in [0.4, 0.5) is 0 Å². The van der Waals surface area contributed by atoms with Crippen LogP contribution in [0.25, 0.3) is 12.2 Å². The smallest absolute Gasteiger partial charge is 0.335 e. The van der Waals surface area contributed by atoms with Gasteiger partial charge in [0.05, 0.1) is 12.7 Å². The van der Waals surface area contributed by atoms with Crippen LogP contribution in [-0.2, 0) is 10.8 Å². The summed E-state index contributed by atoms with van der Waals surface area (Å²) in [6.45, 7) is 6.98. The Hall–Kier alpha value is -2.55. The number of fused-ring (bicyclic) bond motifs is 5. The van der Waals surface area contributed by atoms with Crippen molar-refractivity contribution in [2.24, 2.45) is 0 Å². The molecule has 2 bridgehead atoms. The van der Waals surface area contributed by atoms with Gasteiger partial charge in [-0.15, -0.1) is 0 Å². The van der Waals surface area contributed by atoms with Crippen LogP contribution in [0, 0.1) is 6.92 Å². The topological polar surface area (TPSA) is 46.5 Å². The lowest BCUT2D eigenvalue weighted by molar-refractivity contribution is 0.0696. The summed E-state index contributed by atoms with van der Waals surface area (Å²) in [6.07, 6.45) is 7.94. The number of ether oxygens (including phenoxy) is 1. The second-order valence-electron chi connectivity index (χ2n) is 8.65. The first kappa shape index (κ1) is 17.8. The number of carboxylic acid groups (broad SMARTS) is 1. The Bertz CT molecular complexity index is 972. The minimum atomic E-state index is -0.949. The van der Waals surface area contributed by atoms with Crippen molar-refractivity contribution in [2.45, 2.75) is 50.9 Å². The fraction of sp³-hybridized carbons (Fsp3) is 0.375. The Kier molecular flexibility index (Phi) is 3.95. The molecule has 140 valence electrons. The quantitative estimate of drug-likeness (QED) is 0.722. The minimum absolute atomic E-state index is 0.231. The largest absolute Gasteiger partial charge is 0.496 e. The molecule has 0 radical (unpaired) electrons. The molecule has 2 unspecified atom stereocenters. The highest BCUT2D eigenvalue weighted by molar-refractivity contribution is 5.89. The van der Waals surface area contributed by atoms with Crippen LogP contribution in [0.3, 0.4) is 0 Å². The molecule has 2 aromatic rings. The highest BCUT2D eigenvalue weighted by Crippen LogP contribution is 2.60. The monoisotopic (exact) mass is 362 g/mol. The van der Waals surface area contributed by atoms with Crippen molar-refractivity contribution in [2.75, 3.05) is 7.11 Å². The molecule has 4 rings (SSSR count). The van der Waals surface area contributed by atoms with E-state index in [9.17, 15) is 4.79 Å². The van der Waals surface area contributed by atoms with Crippen molar-refractivity contribution in [3.05, 3.63) is 63.7 Å². The van der Waals surface area contributed by atoms with Crippen LogP contribution in [-0.4, -0.2) is 18.2 Å². The molecular weight excluding hydrogens is 336 g/mol. The maximum absolute atomic E-state index is 11.2. The molecule has 0 heterocycles. The van der Waals surface area contributed by atoms with E-state index in [-0.39, 0.29) is 5.56 Å². The third kappa shape index (κ3) is 2.77. The van der Waals surface area contributed by atoms with E-state index in [2.05, 4.69) is 39.0 Å². The van der Waals surface area contributed by atoms with E-state index in [0.717, 1.165) is 5.56 Å². The van der Waals surface area contributed by atoms with Crippen molar-refractivity contribution in [3.8, 4) is 5.75 Å². The average Bonchev–Trinajstić information content (AvgIpc) is 3.06. The predicted octanol–water partition coefficient (Wildman–Crippen LogP) is 5.59. The maximum atomic E-state index is 11.2. The van der Waals surface area contributed by atoms with E-state index in [1.807, 2.05) is 6.08 Å². The van der Waals surface area contributed by atoms with Crippen molar-refractivity contribution in [1.82, 2.24) is 0 Å². The van der Waals surface area contributed by atoms with E-state index >= 15 is 0 Å². The van der Waals surface area contributed by atoms with Gasteiger partial charge < -0.3 is 9.84 Å². The van der Waals surface area contributed by atoms with Gasteiger partial charge in [-0.1, -0.05) is 44.2 Å². The second-order valence-corrected chi connectivity index (χ2v) is 8.65. The molecule has 1 N–H and O–H groups in total. The fourth-order valence-electron chi connectivity index (χ4n) is 5.11. The number of rotatable bonds is 4. The molecule has 1 saturated carbocycles. The minimum Gasteiger partial charge on any atom is -0.496 e. The zero-order chi connectivity index (χ0) is 19.4. The van der Waals surface area contributed by atoms with Gasteiger partial charge >= 0.3 is 5.97 Å². The summed E-state index contributed by atoms with van der Waals surface area (Å²) in [5.41, 5.74) is 7.30. The molecule has 3 nitrogen and oxygen atoms in total. The molecule has 3 heteroatoms. The SMILES string of the molecule is COc1cc(C(=O)O)ccc1/C=C/c1cc2c(cc1C)C1(C)CCC2(C)C1. The highest BCUT2D eigenvalue weighted by atomic mass is 16.5. The Morgan fingerprint density at radius 2 is 1.67 bits per heavy atom. The standard InChI is InChI=1S/C24H26O3/c1-15-11-19-20(24(3)10-9-23(19,2)14-24)12-17(15)7-5-16-6-8-18(22(25)26)13-21(16)27-4/h5-8,11-13H,9-10,14H2,1-4H3,(H,25,26)/b7-5+. The molecule has 1 fully saturated rings. The third-order valence-electron chi connectivity index (χ3n) is 6.64. The van der Waals surface area contributed by atoms with Gasteiger partial charge in [0.2, 0.25) is 0 Å². The average molecular weight is 362 g/mol. The highest BCUT2D eigenvalue weighted by Gasteiger charge is 2.52. The van der Waals surface area contributed by atoms with Gasteiger partial charge in [-0.3, -0.25) is 0 Å². The lowest BCUT2D eigenvalue weighted by Crippen LogP contribution is -2.18. The van der Waals surface area contributed by atoms with Gasteiger partial charge in [-0.2, -0.15) is 0 Å². The molecule has 2 aliphatic rings. The number of carboxylic acids is 1. The molecule has 0 amide bonds. The van der Waals surface area contributed by atoms with Crippen LogP contribution < -0.4 is 4.74 Å². The van der Waals surface area contributed by atoms with Gasteiger partial charge in [0.1, 0.15) is 5.75 Å². The summed E-state index contributed by atoms with van der Waals surface area (Å²) >= 11 is 0. The van der Waals surface area contributed by atoms with Crippen LogP contribution in [0.1, 0.15) is 71.3 Å². The molecule has 2 aromatic carbocycles. The van der Waals surface area contributed by atoms with Crippen LogP contribution in [0.15, 0.2) is 30.3 Å². The summed E-state index contributed by atoms with van der Waals surface area (Å²) in [6, 6.07) is 9.72. The van der Waals surface area contributed by atoms with Crippen molar-refractivity contribution >= 4 is 18.1 Å². The molecule has 27 heavy (non-hydrogen) atoms. The summed E-state index contributed by atoms with van der Waals surface area (Å²) in [5.74, 6) is -0.376. The molecule has 0 aliphatic heterocycles. The Morgan fingerprint density at radius 1 is 1.04 bits per heavy atom. The van der Waals surface area contributed by atoms with Crippen molar-refractivity contribution < 1.29 is 14.6 Å². The lowest BCUT2D eigenvalue weighted by Gasteiger charge is -2.28. The van der Waals surface area contributed by atoms with E-state index in [1.165, 1.54) is 41.5 Å². The third-order valence-corrected chi connectivity index (χ3v) is 6.64. The number of benzene rings is 2. The van der Waals surface area contributed by atoms with Crippen molar-refractivity contribution in [3.63, 3.8) is 0 Å². The second kappa shape index (κ2) is 5.98. The summed E-state index contributed by atoms with van der Waals surface area (Å²) in [5, 5.41) is 9.15. The normalized spacial score (nSPS) is 25.8. The van der Waals surface area contributed by atoms with E-state index < -0.39 is 5.97 Å². The Balaban J connectivity index is 1.72. The number of hydrogen-bond donors (Lipinski definition) is 1. The number of aromatic carboxylic acids is 1. The zero-order valence-corrected chi connectivity index (χ0v) is 16.4. The van der Waals surface area contributed by atoms with Crippen molar-refractivity contribution in [1.29, 1.82) is 0 Å². The van der Waals surface area contributed by atoms with Gasteiger partial charge in [0.15, 0.2) is 0 Å². The molecule has 2 aliphatic carbocycles. The zero-order valence-electron chi connectivity index (χ0n) is 16.4. The maximum Gasteiger partial charge on any atom is 0.335 e. The van der Waals surface area contributed by atoms with Gasteiger partial charge in [0.25, 0.3) is 0 Å². The van der Waals surface area contributed by atoms with Gasteiger partial charge in [0, 0.05) is 5.56 Å². The number of aryl methyl sites for hydroxylation is 1. The number of methoxy groups -OCH3 is 1. The first-order valence-electron chi connectivity index (χ1n) is 9.51. The summed E-state index contributed by atoms with van der Waals surface area (Å²) < 4.78 is 5.38. The summed E-state index contributed by atoms with van der Waals surface area (Å²) in [4.78, 5) is 11.2. The number of carbonyl (C=O) groups is 1. The lowest BCUT2D eigenvalue weighted by atomic mass is 9.77. The van der Waals surface area contributed by atoms with Gasteiger partial charge in [-0.25, -0.2) is 4.79 Å². The molecule has 0 saturated heterocycles. The van der Waals surface area contributed by atoms with Gasteiger partial charge in [-0.05, 0) is 71.4 Å². The Labute approximate surface area is 160 Å². The van der Waals surface area contributed by atoms with E-state index in [4.69, 9.17) is 9.84 Å². The van der Waals surface area contributed by atoms with Crippen LogP contribution >= 0.6 is 0 Å². The summed E-state index contributed by atoms with van der Waals surface area (Å²) in [7, 11) is 1.57. The van der Waals surface area contributed by atoms with E-state index in [0.29, 0.717) is 16.6 Å². The first-order valence-corrected chi connectivity index (χ1v) is 9.51. The predicted molar refractivity (Wildman–Crippen MR) is 109 cm³/mol. The van der Waals surface area contributed by atoms with Crippen LogP contribution in [0.2, 0.25) is 0 Å². The molecule has 0 aromatic heterocycles.